The molecule has 2 rings (SSSR count). The van der Waals surface area contributed by atoms with Gasteiger partial charge in [0.2, 0.25) is 10.0 Å². The summed E-state index contributed by atoms with van der Waals surface area (Å²) in [6, 6.07) is 0.184. The first-order chi connectivity index (χ1) is 8.12. The van der Waals surface area contributed by atoms with Crippen molar-refractivity contribution in [3.8, 4) is 0 Å². The molecular weight excluding hydrogens is 236 g/mol. The summed E-state index contributed by atoms with van der Waals surface area (Å²) in [6.07, 6.45) is 5.36. The number of hydrogen-bond donors (Lipinski definition) is 1. The molecule has 1 atom stereocenters. The first-order valence-electron chi connectivity index (χ1n) is 6.83. The van der Waals surface area contributed by atoms with Crippen LogP contribution < -0.4 is 5.32 Å². The van der Waals surface area contributed by atoms with Gasteiger partial charge < -0.3 is 5.32 Å². The molecule has 0 amide bonds. The van der Waals surface area contributed by atoms with Crippen molar-refractivity contribution >= 4 is 10.0 Å². The van der Waals surface area contributed by atoms with Gasteiger partial charge in [0.15, 0.2) is 0 Å². The lowest BCUT2D eigenvalue weighted by atomic mass is 9.96. The van der Waals surface area contributed by atoms with Gasteiger partial charge in [-0.25, -0.2) is 12.7 Å². The minimum absolute atomic E-state index is 0.184. The standard InChI is InChI=1S/C12H24N2O2S/c1-2-11-5-8-14(9-6-11)17(15,16)10-12-4-3-7-13-12/h11-13H,2-10H2,1H3. The van der Waals surface area contributed by atoms with Crippen LogP contribution in [0, 0.1) is 5.92 Å². The Morgan fingerprint density at radius 2 is 1.94 bits per heavy atom. The maximum Gasteiger partial charge on any atom is 0.215 e. The van der Waals surface area contributed by atoms with Crippen LogP contribution in [0.3, 0.4) is 0 Å². The van der Waals surface area contributed by atoms with E-state index in [0.717, 1.165) is 51.2 Å². The second-order valence-corrected chi connectivity index (χ2v) is 7.34. The van der Waals surface area contributed by atoms with E-state index >= 15 is 0 Å². The van der Waals surface area contributed by atoms with Gasteiger partial charge in [-0.05, 0) is 38.1 Å². The molecule has 17 heavy (non-hydrogen) atoms. The van der Waals surface area contributed by atoms with Crippen LogP contribution in [0.2, 0.25) is 0 Å². The van der Waals surface area contributed by atoms with Crippen LogP contribution >= 0.6 is 0 Å². The highest BCUT2D eigenvalue weighted by Gasteiger charge is 2.30. The third-order valence-corrected chi connectivity index (χ3v) is 6.09. The summed E-state index contributed by atoms with van der Waals surface area (Å²) in [5.74, 6) is 1.02. The molecule has 2 aliphatic heterocycles. The van der Waals surface area contributed by atoms with Gasteiger partial charge in [-0.3, -0.25) is 0 Å². The van der Waals surface area contributed by atoms with E-state index in [2.05, 4.69) is 12.2 Å². The van der Waals surface area contributed by atoms with E-state index in [1.165, 1.54) is 6.42 Å². The van der Waals surface area contributed by atoms with E-state index in [1.54, 1.807) is 4.31 Å². The Morgan fingerprint density at radius 1 is 1.24 bits per heavy atom. The van der Waals surface area contributed by atoms with Gasteiger partial charge >= 0.3 is 0 Å². The quantitative estimate of drug-likeness (QED) is 0.826. The molecule has 1 unspecified atom stereocenters. The molecule has 2 aliphatic rings. The summed E-state index contributed by atoms with van der Waals surface area (Å²) in [4.78, 5) is 0. The molecule has 0 aromatic carbocycles. The molecule has 0 aromatic rings. The van der Waals surface area contributed by atoms with Crippen molar-refractivity contribution in [3.63, 3.8) is 0 Å². The zero-order chi connectivity index (χ0) is 12.3. The minimum Gasteiger partial charge on any atom is -0.313 e. The van der Waals surface area contributed by atoms with Crippen molar-refractivity contribution in [1.29, 1.82) is 0 Å². The largest absolute Gasteiger partial charge is 0.313 e. The van der Waals surface area contributed by atoms with Crippen LogP contribution in [0.4, 0.5) is 0 Å². The molecular formula is C12H24N2O2S. The summed E-state index contributed by atoms with van der Waals surface area (Å²) < 4.78 is 26.2. The van der Waals surface area contributed by atoms with Gasteiger partial charge in [0.25, 0.3) is 0 Å². The molecule has 0 saturated carbocycles. The fraction of sp³-hybridized carbons (Fsp3) is 1.00. The Labute approximate surface area is 105 Å². The van der Waals surface area contributed by atoms with Crippen molar-refractivity contribution in [2.75, 3.05) is 25.4 Å². The number of piperidine rings is 1. The first-order valence-corrected chi connectivity index (χ1v) is 8.44. The second-order valence-electron chi connectivity index (χ2n) is 5.32. The topological polar surface area (TPSA) is 49.4 Å². The van der Waals surface area contributed by atoms with Gasteiger partial charge in [0, 0.05) is 19.1 Å². The number of sulfonamides is 1. The van der Waals surface area contributed by atoms with Crippen LogP contribution in [0.1, 0.15) is 39.0 Å². The highest BCUT2D eigenvalue weighted by atomic mass is 32.2. The first kappa shape index (κ1) is 13.3. The third-order valence-electron chi connectivity index (χ3n) is 4.12. The highest BCUT2D eigenvalue weighted by molar-refractivity contribution is 7.89. The molecule has 4 nitrogen and oxygen atoms in total. The Morgan fingerprint density at radius 3 is 2.47 bits per heavy atom. The molecule has 0 spiro atoms. The predicted octanol–water partition coefficient (Wildman–Crippen LogP) is 1.19. The fourth-order valence-electron chi connectivity index (χ4n) is 2.85. The van der Waals surface area contributed by atoms with Crippen molar-refractivity contribution < 1.29 is 8.42 Å². The van der Waals surface area contributed by atoms with Crippen molar-refractivity contribution in [1.82, 2.24) is 9.62 Å². The van der Waals surface area contributed by atoms with Crippen molar-refractivity contribution in [3.05, 3.63) is 0 Å². The SMILES string of the molecule is CCC1CCN(S(=O)(=O)CC2CCCN2)CC1. The van der Waals surface area contributed by atoms with E-state index < -0.39 is 10.0 Å². The molecule has 5 heteroatoms. The molecule has 0 radical (unpaired) electrons. The molecule has 1 N–H and O–H groups in total. The Kier molecular flexibility index (Phi) is 4.44. The van der Waals surface area contributed by atoms with Gasteiger partial charge in [0.1, 0.15) is 0 Å². The lowest BCUT2D eigenvalue weighted by molar-refractivity contribution is 0.268. The number of rotatable bonds is 4. The van der Waals surface area contributed by atoms with E-state index in [4.69, 9.17) is 0 Å². The molecule has 0 aromatic heterocycles. The predicted molar refractivity (Wildman–Crippen MR) is 69.4 cm³/mol. The van der Waals surface area contributed by atoms with Gasteiger partial charge in [-0.1, -0.05) is 13.3 Å². The summed E-state index contributed by atoms with van der Waals surface area (Å²) in [5, 5.41) is 3.27. The van der Waals surface area contributed by atoms with Gasteiger partial charge in [-0.2, -0.15) is 0 Å². The Balaban J connectivity index is 1.87. The average Bonchev–Trinajstić information content (AvgIpc) is 2.81. The number of nitrogens with one attached hydrogen (secondary N) is 1. The average molecular weight is 260 g/mol. The van der Waals surface area contributed by atoms with E-state index in [-0.39, 0.29) is 6.04 Å². The maximum atomic E-state index is 12.2. The summed E-state index contributed by atoms with van der Waals surface area (Å²) in [7, 11) is -3.03. The Hall–Kier alpha value is -0.130. The lowest BCUT2D eigenvalue weighted by Crippen LogP contribution is -2.43. The summed E-state index contributed by atoms with van der Waals surface area (Å²) >= 11 is 0. The van der Waals surface area contributed by atoms with Crippen LogP contribution in [0.5, 0.6) is 0 Å². The number of hydrogen-bond acceptors (Lipinski definition) is 3. The fourth-order valence-corrected chi connectivity index (χ4v) is 4.63. The zero-order valence-corrected chi connectivity index (χ0v) is 11.5. The third kappa shape index (κ3) is 3.42. The van der Waals surface area contributed by atoms with Crippen LogP contribution in [0.25, 0.3) is 0 Å². The normalized spacial score (nSPS) is 28.6. The molecule has 2 fully saturated rings. The van der Waals surface area contributed by atoms with E-state index in [9.17, 15) is 8.42 Å². The van der Waals surface area contributed by atoms with Gasteiger partial charge in [-0.15, -0.1) is 0 Å². The minimum atomic E-state index is -3.03. The van der Waals surface area contributed by atoms with E-state index in [1.807, 2.05) is 0 Å². The summed E-state index contributed by atoms with van der Waals surface area (Å²) in [6.45, 7) is 4.62. The molecule has 2 saturated heterocycles. The molecule has 0 bridgehead atoms. The molecule has 100 valence electrons. The van der Waals surface area contributed by atoms with Crippen molar-refractivity contribution in [2.45, 2.75) is 45.1 Å². The highest BCUT2D eigenvalue weighted by Crippen LogP contribution is 2.23. The summed E-state index contributed by atoms with van der Waals surface area (Å²) in [5.41, 5.74) is 0. The van der Waals surface area contributed by atoms with Crippen molar-refractivity contribution in [2.24, 2.45) is 5.92 Å². The van der Waals surface area contributed by atoms with Crippen LogP contribution in [0.15, 0.2) is 0 Å². The maximum absolute atomic E-state index is 12.2. The Bertz CT molecular complexity index is 328. The van der Waals surface area contributed by atoms with Crippen LogP contribution in [-0.4, -0.2) is 44.2 Å². The van der Waals surface area contributed by atoms with Gasteiger partial charge in [0.05, 0.1) is 5.75 Å². The van der Waals surface area contributed by atoms with Crippen LogP contribution in [-0.2, 0) is 10.0 Å². The molecule has 2 heterocycles. The number of nitrogens with zero attached hydrogens (tertiary/aromatic N) is 1. The monoisotopic (exact) mass is 260 g/mol. The lowest BCUT2D eigenvalue weighted by Gasteiger charge is -2.31. The second kappa shape index (κ2) is 5.67. The molecule has 0 aliphatic carbocycles. The zero-order valence-electron chi connectivity index (χ0n) is 10.7. The smallest absolute Gasteiger partial charge is 0.215 e. The van der Waals surface area contributed by atoms with E-state index in [0.29, 0.717) is 5.75 Å².